The molecule has 1 aliphatic rings. The Morgan fingerprint density at radius 2 is 2.21 bits per heavy atom. The summed E-state index contributed by atoms with van der Waals surface area (Å²) >= 11 is 0. The third-order valence-electron chi connectivity index (χ3n) is 1.66. The molecule has 0 unspecified atom stereocenters. The third kappa shape index (κ3) is 1.49. The molecule has 0 atom stereocenters. The van der Waals surface area contributed by atoms with Crippen LogP contribution in [0.5, 0.6) is 5.75 Å². The van der Waals surface area contributed by atoms with Gasteiger partial charge in [0.05, 0.1) is 5.69 Å². The van der Waals surface area contributed by atoms with Crippen molar-refractivity contribution in [2.45, 2.75) is 13.5 Å². The molecule has 0 radical (unpaired) electrons. The van der Waals surface area contributed by atoms with Crippen LogP contribution in [-0.4, -0.2) is 18.4 Å². The summed E-state index contributed by atoms with van der Waals surface area (Å²) < 4.78 is 30.6. The Kier molecular flexibility index (Phi) is 1.82. The zero-order chi connectivity index (χ0) is 10.3. The predicted octanol–water partition coefficient (Wildman–Crippen LogP) is -0.768. The molecule has 1 aromatic heterocycles. The fraction of sp³-hybridized carbons (Fsp3) is 0.333. The van der Waals surface area contributed by atoms with E-state index in [0.29, 0.717) is 5.69 Å². The molecule has 0 saturated heterocycles. The molecule has 0 aromatic carbocycles. The zero-order valence-corrected chi connectivity index (χ0v) is 7.92. The van der Waals surface area contributed by atoms with Gasteiger partial charge in [0.1, 0.15) is 12.3 Å². The molecule has 0 aliphatic carbocycles. The number of aromatic amines is 1. The van der Waals surface area contributed by atoms with Crippen LogP contribution in [0.25, 0.3) is 0 Å². The van der Waals surface area contributed by atoms with E-state index in [9.17, 15) is 13.2 Å². The average Bonchev–Trinajstić information content (AvgIpc) is 2.06. The molecule has 0 saturated carbocycles. The third-order valence-corrected chi connectivity index (χ3v) is 2.44. The van der Waals surface area contributed by atoms with E-state index in [0.717, 1.165) is 0 Å². The van der Waals surface area contributed by atoms with Gasteiger partial charge in [0, 0.05) is 0 Å². The minimum atomic E-state index is -3.99. The normalized spacial score (nSPS) is 18.4. The van der Waals surface area contributed by atoms with E-state index in [1.54, 1.807) is 0 Å². The van der Waals surface area contributed by atoms with Crippen molar-refractivity contribution in [3.05, 3.63) is 21.9 Å². The lowest BCUT2D eigenvalue weighted by atomic mass is 10.3. The van der Waals surface area contributed by atoms with E-state index >= 15 is 0 Å². The maximum Gasteiger partial charge on any atom is 0.449 e. The minimum Gasteiger partial charge on any atom is -0.358 e. The molecule has 14 heavy (non-hydrogen) atoms. The average molecular weight is 218 g/mol. The van der Waals surface area contributed by atoms with Crippen LogP contribution in [0, 0.1) is 6.92 Å². The van der Waals surface area contributed by atoms with Crippen LogP contribution >= 0.6 is 0 Å². The maximum atomic E-state index is 10.9. The molecular formula is C6H6N2O5S. The molecule has 0 spiro atoms. The quantitative estimate of drug-likeness (QED) is 0.614. The largest absolute Gasteiger partial charge is 0.449 e. The highest BCUT2D eigenvalue weighted by molar-refractivity contribution is 7.82. The van der Waals surface area contributed by atoms with Crippen LogP contribution < -0.4 is 9.87 Å². The number of nitrogens with zero attached hydrogens (tertiary/aromatic N) is 1. The second-order valence-electron chi connectivity index (χ2n) is 2.70. The second kappa shape index (κ2) is 2.79. The number of nitrogens with one attached hydrogen (secondary N) is 1. The number of H-pyrrole nitrogens is 1. The van der Waals surface area contributed by atoms with E-state index in [1.165, 1.54) is 6.92 Å². The maximum absolute atomic E-state index is 10.9. The highest BCUT2D eigenvalue weighted by Gasteiger charge is 2.26. The Hall–Kier alpha value is -1.41. The number of hydrogen-bond acceptors (Lipinski definition) is 6. The molecule has 0 amide bonds. The molecule has 1 aromatic rings. The fourth-order valence-electron chi connectivity index (χ4n) is 1.10. The Morgan fingerprint density at radius 3 is 2.93 bits per heavy atom. The highest BCUT2D eigenvalue weighted by Crippen LogP contribution is 2.26. The highest BCUT2D eigenvalue weighted by atomic mass is 32.3. The van der Waals surface area contributed by atoms with Crippen LogP contribution in [0.2, 0.25) is 0 Å². The lowest BCUT2D eigenvalue weighted by molar-refractivity contribution is 0.234. The molecule has 7 nitrogen and oxygen atoms in total. The first kappa shape index (κ1) is 9.16. The molecule has 1 N–H and O–H groups in total. The zero-order valence-electron chi connectivity index (χ0n) is 7.10. The van der Waals surface area contributed by atoms with Crippen molar-refractivity contribution in [3.63, 3.8) is 0 Å². The standard InChI is InChI=1S/C6H6N2O5S/c1-3-5-4(8-6(9)7-3)2-12-14(10,11)13-5/h2H2,1H3,(H,7,8,9). The Bertz CT molecular complexity index is 532. The van der Waals surface area contributed by atoms with Crippen molar-refractivity contribution < 1.29 is 16.8 Å². The molecule has 8 heteroatoms. The van der Waals surface area contributed by atoms with E-state index in [2.05, 4.69) is 18.3 Å². The Morgan fingerprint density at radius 1 is 1.50 bits per heavy atom. The summed E-state index contributed by atoms with van der Waals surface area (Å²) in [5.41, 5.74) is -0.0688. The summed E-state index contributed by atoms with van der Waals surface area (Å²) in [6, 6.07) is 0. The van der Waals surface area contributed by atoms with Crippen LogP contribution in [-0.2, 0) is 21.2 Å². The van der Waals surface area contributed by atoms with Crippen molar-refractivity contribution >= 4 is 10.4 Å². The van der Waals surface area contributed by atoms with Crippen molar-refractivity contribution in [2.75, 3.05) is 0 Å². The van der Waals surface area contributed by atoms with Crippen LogP contribution in [0.3, 0.4) is 0 Å². The molecule has 0 fully saturated rings. The smallest absolute Gasteiger partial charge is 0.358 e. The molecule has 76 valence electrons. The topological polar surface area (TPSA) is 98.4 Å². The van der Waals surface area contributed by atoms with Gasteiger partial charge in [-0.05, 0) is 6.92 Å². The Labute approximate surface area is 79.0 Å². The van der Waals surface area contributed by atoms with Crippen molar-refractivity contribution in [1.82, 2.24) is 9.97 Å². The monoisotopic (exact) mass is 218 g/mol. The number of hydrogen-bond donors (Lipinski definition) is 1. The van der Waals surface area contributed by atoms with Gasteiger partial charge in [-0.25, -0.2) is 8.98 Å². The van der Waals surface area contributed by atoms with Gasteiger partial charge in [0.15, 0.2) is 5.75 Å². The fourth-order valence-corrected chi connectivity index (χ4v) is 1.83. The summed E-state index contributed by atoms with van der Waals surface area (Å²) in [5, 5.41) is 0. The molecule has 2 rings (SSSR count). The lowest BCUT2D eigenvalue weighted by Crippen LogP contribution is -2.25. The SMILES string of the molecule is Cc1[nH]c(=O)nc2c1OS(=O)(=O)OC2. The second-order valence-corrected chi connectivity index (χ2v) is 3.92. The van der Waals surface area contributed by atoms with Crippen molar-refractivity contribution in [3.8, 4) is 5.75 Å². The van der Waals surface area contributed by atoms with Gasteiger partial charge >= 0.3 is 16.1 Å². The van der Waals surface area contributed by atoms with E-state index in [-0.39, 0.29) is 18.1 Å². The minimum absolute atomic E-state index is 0.0378. The number of fused-ring (bicyclic) bond motifs is 1. The van der Waals surface area contributed by atoms with Gasteiger partial charge in [-0.1, -0.05) is 0 Å². The van der Waals surface area contributed by atoms with E-state index in [1.807, 2.05) is 0 Å². The number of aromatic nitrogens is 2. The van der Waals surface area contributed by atoms with Gasteiger partial charge in [-0.15, -0.1) is 0 Å². The van der Waals surface area contributed by atoms with Crippen LogP contribution in [0.15, 0.2) is 4.79 Å². The van der Waals surface area contributed by atoms with Gasteiger partial charge in [0.25, 0.3) is 0 Å². The summed E-state index contributed by atoms with van der Waals surface area (Å²) in [5.74, 6) is 0.0378. The number of rotatable bonds is 0. The van der Waals surface area contributed by atoms with E-state index < -0.39 is 16.1 Å². The van der Waals surface area contributed by atoms with Crippen molar-refractivity contribution in [2.24, 2.45) is 0 Å². The molecule has 1 aliphatic heterocycles. The molecule has 2 heterocycles. The van der Waals surface area contributed by atoms with Gasteiger partial charge in [-0.2, -0.15) is 13.4 Å². The number of aryl methyl sites for hydroxylation is 1. The Balaban J connectivity index is 2.64. The van der Waals surface area contributed by atoms with Crippen LogP contribution in [0.4, 0.5) is 0 Å². The molecular weight excluding hydrogens is 212 g/mol. The van der Waals surface area contributed by atoms with Gasteiger partial charge in [-0.3, -0.25) is 0 Å². The first-order valence-electron chi connectivity index (χ1n) is 3.66. The van der Waals surface area contributed by atoms with Gasteiger partial charge < -0.3 is 9.17 Å². The van der Waals surface area contributed by atoms with Crippen LogP contribution in [0.1, 0.15) is 11.4 Å². The lowest BCUT2D eigenvalue weighted by Gasteiger charge is -2.16. The molecule has 0 bridgehead atoms. The first-order valence-corrected chi connectivity index (χ1v) is 5.00. The first-order chi connectivity index (χ1) is 6.48. The van der Waals surface area contributed by atoms with Gasteiger partial charge in [0.2, 0.25) is 0 Å². The summed E-state index contributed by atoms with van der Waals surface area (Å²) in [6.07, 6.45) is 0. The predicted molar refractivity (Wildman–Crippen MR) is 43.9 cm³/mol. The van der Waals surface area contributed by atoms with Crippen molar-refractivity contribution in [1.29, 1.82) is 0 Å². The van der Waals surface area contributed by atoms with E-state index in [4.69, 9.17) is 0 Å². The summed E-state index contributed by atoms with van der Waals surface area (Å²) in [7, 11) is -3.99. The summed E-state index contributed by atoms with van der Waals surface area (Å²) in [6.45, 7) is 1.24. The summed E-state index contributed by atoms with van der Waals surface area (Å²) in [4.78, 5) is 16.7.